The maximum absolute atomic E-state index is 13.3. The molecule has 0 unspecified atom stereocenters. The zero-order valence-corrected chi connectivity index (χ0v) is 19.5. The number of likely N-dealkylation sites (N-methyl/N-ethyl adjacent to an activating group) is 1. The third-order valence-corrected chi connectivity index (χ3v) is 5.58. The summed E-state index contributed by atoms with van der Waals surface area (Å²) in [4.78, 5) is 27.9. The first-order chi connectivity index (χ1) is 16.1. The summed E-state index contributed by atoms with van der Waals surface area (Å²) < 4.78 is 5.73. The zero-order chi connectivity index (χ0) is 23.5. The molecule has 0 spiro atoms. The first-order valence-corrected chi connectivity index (χ1v) is 11.4. The maximum atomic E-state index is 13.3. The Morgan fingerprint density at radius 3 is 2.12 bits per heavy atom. The maximum Gasteiger partial charge on any atom is 0.242 e. The van der Waals surface area contributed by atoms with Crippen molar-refractivity contribution in [1.82, 2.24) is 10.2 Å². The molecule has 0 aliphatic heterocycles. The molecule has 0 aromatic heterocycles. The largest absolute Gasteiger partial charge is 0.494 e. The molecule has 0 aliphatic rings. The van der Waals surface area contributed by atoms with Gasteiger partial charge in [0.25, 0.3) is 0 Å². The molecule has 1 atom stereocenters. The Morgan fingerprint density at radius 2 is 1.52 bits per heavy atom. The van der Waals surface area contributed by atoms with Gasteiger partial charge in [-0.15, -0.1) is 0 Å². The van der Waals surface area contributed by atoms with E-state index in [2.05, 4.69) is 5.32 Å². The molecular weight excluding hydrogens is 436 g/mol. The SMILES string of the molecule is CNC(=O)[C@@H](Cc1ccccc1)N(Cc1ccccc1)C(=O)CCCOc1ccc(Cl)cc1. The van der Waals surface area contributed by atoms with Crippen molar-refractivity contribution >= 4 is 23.4 Å². The van der Waals surface area contributed by atoms with Crippen LogP contribution >= 0.6 is 11.6 Å². The Labute approximate surface area is 200 Å². The van der Waals surface area contributed by atoms with E-state index in [0.29, 0.717) is 36.8 Å². The van der Waals surface area contributed by atoms with Gasteiger partial charge in [-0.2, -0.15) is 0 Å². The minimum Gasteiger partial charge on any atom is -0.494 e. The quantitative estimate of drug-likeness (QED) is 0.411. The molecule has 3 aromatic carbocycles. The highest BCUT2D eigenvalue weighted by Crippen LogP contribution is 2.18. The Hall–Kier alpha value is -3.31. The van der Waals surface area contributed by atoms with Gasteiger partial charge in [-0.25, -0.2) is 0 Å². The second-order valence-electron chi connectivity index (χ2n) is 7.73. The molecule has 3 aromatic rings. The van der Waals surface area contributed by atoms with Gasteiger partial charge >= 0.3 is 0 Å². The lowest BCUT2D eigenvalue weighted by atomic mass is 10.0. The van der Waals surface area contributed by atoms with Crippen molar-refractivity contribution < 1.29 is 14.3 Å². The van der Waals surface area contributed by atoms with Gasteiger partial charge in [0.05, 0.1) is 6.61 Å². The lowest BCUT2D eigenvalue weighted by Crippen LogP contribution is -2.49. The fourth-order valence-electron chi connectivity index (χ4n) is 3.59. The molecule has 6 heteroatoms. The van der Waals surface area contributed by atoms with Gasteiger partial charge in [0, 0.05) is 31.5 Å². The highest BCUT2D eigenvalue weighted by Gasteiger charge is 2.29. The normalized spacial score (nSPS) is 11.5. The standard InChI is InChI=1S/C27H29ClN2O3/c1-29-27(32)25(19-21-9-4-2-5-10-21)30(20-22-11-6-3-7-12-22)26(31)13-8-18-33-24-16-14-23(28)15-17-24/h2-7,9-12,14-17,25H,8,13,18-20H2,1H3,(H,29,32)/t25-/m1/s1. The van der Waals surface area contributed by atoms with E-state index in [0.717, 1.165) is 11.1 Å². The van der Waals surface area contributed by atoms with Gasteiger partial charge in [0.1, 0.15) is 11.8 Å². The average Bonchev–Trinajstić information content (AvgIpc) is 2.85. The molecule has 0 radical (unpaired) electrons. The molecule has 0 aliphatic carbocycles. The number of amides is 2. The van der Waals surface area contributed by atoms with Crippen LogP contribution in [0.25, 0.3) is 0 Å². The molecule has 0 heterocycles. The number of benzene rings is 3. The molecule has 0 saturated carbocycles. The molecule has 3 rings (SSSR count). The summed E-state index contributed by atoms with van der Waals surface area (Å²) in [6, 6.07) is 26.0. The van der Waals surface area contributed by atoms with E-state index < -0.39 is 6.04 Å². The van der Waals surface area contributed by atoms with Gasteiger partial charge < -0.3 is 15.0 Å². The Balaban J connectivity index is 1.71. The van der Waals surface area contributed by atoms with Gasteiger partial charge in [0.2, 0.25) is 11.8 Å². The van der Waals surface area contributed by atoms with Gasteiger partial charge in [-0.05, 0) is 41.8 Å². The predicted octanol–water partition coefficient (Wildman–Crippen LogP) is 4.89. The van der Waals surface area contributed by atoms with Crippen LogP contribution in [0.1, 0.15) is 24.0 Å². The van der Waals surface area contributed by atoms with Crippen LogP contribution in [0.2, 0.25) is 5.02 Å². The fourth-order valence-corrected chi connectivity index (χ4v) is 3.71. The summed E-state index contributed by atoms with van der Waals surface area (Å²) in [6.07, 6.45) is 1.27. The Bertz CT molecular complexity index is 1010. The average molecular weight is 465 g/mol. The number of nitrogens with zero attached hydrogens (tertiary/aromatic N) is 1. The van der Waals surface area contributed by atoms with Gasteiger partial charge in [-0.3, -0.25) is 9.59 Å². The van der Waals surface area contributed by atoms with E-state index in [4.69, 9.17) is 16.3 Å². The number of nitrogens with one attached hydrogen (secondary N) is 1. The summed E-state index contributed by atoms with van der Waals surface area (Å²) in [5, 5.41) is 3.38. The van der Waals surface area contributed by atoms with Crippen LogP contribution in [0.3, 0.4) is 0 Å². The minimum atomic E-state index is -0.609. The van der Waals surface area contributed by atoms with Crippen molar-refractivity contribution in [2.24, 2.45) is 0 Å². The summed E-state index contributed by atoms with van der Waals surface area (Å²) in [5.41, 5.74) is 1.98. The molecule has 0 bridgehead atoms. The van der Waals surface area contributed by atoms with Gasteiger partial charge in [0.15, 0.2) is 0 Å². The molecule has 172 valence electrons. The molecule has 0 saturated heterocycles. The third-order valence-electron chi connectivity index (χ3n) is 5.33. The van der Waals surface area contributed by atoms with E-state index >= 15 is 0 Å². The van der Waals surface area contributed by atoms with Crippen molar-refractivity contribution in [2.45, 2.75) is 31.8 Å². The first-order valence-electron chi connectivity index (χ1n) is 11.0. The van der Waals surface area contributed by atoms with Crippen LogP contribution in [0, 0.1) is 0 Å². The Morgan fingerprint density at radius 1 is 0.909 bits per heavy atom. The van der Waals surface area contributed by atoms with Crippen molar-refractivity contribution in [3.05, 3.63) is 101 Å². The number of halogens is 1. The Kier molecular flexibility index (Phi) is 9.33. The topological polar surface area (TPSA) is 58.6 Å². The number of hydrogen-bond donors (Lipinski definition) is 1. The third kappa shape index (κ3) is 7.65. The van der Waals surface area contributed by atoms with Crippen molar-refractivity contribution in [3.63, 3.8) is 0 Å². The van der Waals surface area contributed by atoms with Crippen molar-refractivity contribution in [3.8, 4) is 5.75 Å². The highest BCUT2D eigenvalue weighted by atomic mass is 35.5. The van der Waals surface area contributed by atoms with E-state index in [1.54, 1.807) is 36.2 Å². The van der Waals surface area contributed by atoms with Crippen LogP contribution in [-0.4, -0.2) is 36.4 Å². The van der Waals surface area contributed by atoms with Crippen LogP contribution < -0.4 is 10.1 Å². The van der Waals surface area contributed by atoms with Crippen LogP contribution in [0.4, 0.5) is 0 Å². The van der Waals surface area contributed by atoms with Crippen molar-refractivity contribution in [1.29, 1.82) is 0 Å². The summed E-state index contributed by atoms with van der Waals surface area (Å²) in [6.45, 7) is 0.762. The predicted molar refractivity (Wildman–Crippen MR) is 131 cm³/mol. The second kappa shape index (κ2) is 12.7. The molecule has 2 amide bonds. The highest BCUT2D eigenvalue weighted by molar-refractivity contribution is 6.30. The first kappa shape index (κ1) is 24.3. The van der Waals surface area contributed by atoms with E-state index in [1.807, 2.05) is 60.7 Å². The van der Waals surface area contributed by atoms with E-state index in [-0.39, 0.29) is 18.2 Å². The van der Waals surface area contributed by atoms with Gasteiger partial charge in [-0.1, -0.05) is 72.3 Å². The lowest BCUT2D eigenvalue weighted by molar-refractivity contribution is -0.141. The van der Waals surface area contributed by atoms with Crippen LogP contribution in [-0.2, 0) is 22.6 Å². The van der Waals surface area contributed by atoms with E-state index in [1.165, 1.54) is 0 Å². The number of carbonyl (C=O) groups is 2. The molecule has 0 fully saturated rings. The monoisotopic (exact) mass is 464 g/mol. The lowest BCUT2D eigenvalue weighted by Gasteiger charge is -2.31. The van der Waals surface area contributed by atoms with Crippen LogP contribution in [0.15, 0.2) is 84.9 Å². The fraction of sp³-hybridized carbons (Fsp3) is 0.259. The van der Waals surface area contributed by atoms with Crippen LogP contribution in [0.5, 0.6) is 5.75 Å². The summed E-state index contributed by atoms with van der Waals surface area (Å²) >= 11 is 5.90. The zero-order valence-electron chi connectivity index (χ0n) is 18.7. The number of ether oxygens (including phenoxy) is 1. The molecule has 33 heavy (non-hydrogen) atoms. The minimum absolute atomic E-state index is 0.0805. The molecule has 5 nitrogen and oxygen atoms in total. The molecule has 1 N–H and O–H groups in total. The second-order valence-corrected chi connectivity index (χ2v) is 8.17. The van der Waals surface area contributed by atoms with E-state index in [9.17, 15) is 9.59 Å². The smallest absolute Gasteiger partial charge is 0.242 e. The number of carbonyl (C=O) groups excluding carboxylic acids is 2. The van der Waals surface area contributed by atoms with Crippen molar-refractivity contribution in [2.75, 3.05) is 13.7 Å². The number of rotatable bonds is 11. The summed E-state index contributed by atoms with van der Waals surface area (Å²) in [5.74, 6) is 0.448. The molecular formula is C27H29ClN2O3. The number of hydrogen-bond acceptors (Lipinski definition) is 3. The summed E-state index contributed by atoms with van der Waals surface area (Å²) in [7, 11) is 1.60.